The van der Waals surface area contributed by atoms with Crippen molar-refractivity contribution in [3.05, 3.63) is 60.2 Å². The van der Waals surface area contributed by atoms with E-state index >= 15 is 0 Å². The standard InChI is InChI=1S/C20H25NO3/c1-4-18(23-20(22)24-19-12-7-6-8-13-19)15-21(5-2)17-11-9-10-16(3)14-17/h6-14,18H,4-5,15H2,1-3H3. The number of anilines is 1. The third-order valence-corrected chi connectivity index (χ3v) is 3.84. The highest BCUT2D eigenvalue weighted by atomic mass is 16.7. The summed E-state index contributed by atoms with van der Waals surface area (Å²) in [4.78, 5) is 14.2. The lowest BCUT2D eigenvalue weighted by Crippen LogP contribution is -2.35. The Morgan fingerprint density at radius 2 is 1.83 bits per heavy atom. The Hall–Kier alpha value is -2.49. The van der Waals surface area contributed by atoms with Gasteiger partial charge in [0.1, 0.15) is 11.9 Å². The van der Waals surface area contributed by atoms with E-state index in [-0.39, 0.29) is 6.10 Å². The predicted octanol–water partition coefficient (Wildman–Crippen LogP) is 4.82. The number of ether oxygens (including phenoxy) is 2. The van der Waals surface area contributed by atoms with Gasteiger partial charge in [0.25, 0.3) is 0 Å². The molecular weight excluding hydrogens is 302 g/mol. The molecule has 1 atom stereocenters. The molecule has 2 aromatic carbocycles. The molecule has 0 N–H and O–H groups in total. The van der Waals surface area contributed by atoms with E-state index in [0.29, 0.717) is 12.3 Å². The smallest absolute Gasteiger partial charge is 0.429 e. The summed E-state index contributed by atoms with van der Waals surface area (Å²) in [6.45, 7) is 7.65. The number of likely N-dealkylation sites (N-methyl/N-ethyl adjacent to an activating group) is 1. The molecule has 0 amide bonds. The van der Waals surface area contributed by atoms with Crippen LogP contribution in [0.15, 0.2) is 54.6 Å². The predicted molar refractivity (Wildman–Crippen MR) is 96.7 cm³/mol. The number of hydrogen-bond donors (Lipinski definition) is 0. The van der Waals surface area contributed by atoms with Crippen molar-refractivity contribution in [2.75, 3.05) is 18.0 Å². The summed E-state index contributed by atoms with van der Waals surface area (Å²) in [5, 5.41) is 0. The van der Waals surface area contributed by atoms with E-state index in [1.807, 2.05) is 31.2 Å². The van der Waals surface area contributed by atoms with Gasteiger partial charge in [0.05, 0.1) is 6.54 Å². The Bertz CT molecular complexity index is 642. The Morgan fingerprint density at radius 1 is 1.08 bits per heavy atom. The maximum Gasteiger partial charge on any atom is 0.514 e. The van der Waals surface area contributed by atoms with Gasteiger partial charge < -0.3 is 14.4 Å². The number of aryl methyl sites for hydroxylation is 1. The number of rotatable bonds is 7. The number of hydrogen-bond acceptors (Lipinski definition) is 4. The topological polar surface area (TPSA) is 38.8 Å². The van der Waals surface area contributed by atoms with Crippen LogP contribution in [0.3, 0.4) is 0 Å². The third-order valence-electron chi connectivity index (χ3n) is 3.84. The van der Waals surface area contributed by atoms with E-state index in [1.165, 1.54) is 5.56 Å². The second kappa shape index (κ2) is 8.96. The molecule has 4 nitrogen and oxygen atoms in total. The normalized spacial score (nSPS) is 11.6. The molecule has 2 aromatic rings. The van der Waals surface area contributed by atoms with Gasteiger partial charge in [-0.15, -0.1) is 0 Å². The average molecular weight is 327 g/mol. The molecule has 0 saturated carbocycles. The molecule has 0 aliphatic carbocycles. The molecule has 0 aliphatic heterocycles. The first-order valence-corrected chi connectivity index (χ1v) is 8.37. The summed E-state index contributed by atoms with van der Waals surface area (Å²) in [7, 11) is 0. The summed E-state index contributed by atoms with van der Waals surface area (Å²) in [6.07, 6.45) is -0.151. The van der Waals surface area contributed by atoms with Gasteiger partial charge in [-0.05, 0) is 50.1 Å². The lowest BCUT2D eigenvalue weighted by molar-refractivity contribution is 0.0594. The molecule has 0 spiro atoms. The van der Waals surface area contributed by atoms with E-state index in [1.54, 1.807) is 12.1 Å². The summed E-state index contributed by atoms with van der Waals surface area (Å²) < 4.78 is 10.7. The molecule has 0 aromatic heterocycles. The molecule has 0 bridgehead atoms. The summed E-state index contributed by atoms with van der Waals surface area (Å²) in [6, 6.07) is 17.3. The number of benzene rings is 2. The highest BCUT2D eigenvalue weighted by molar-refractivity contribution is 5.64. The van der Waals surface area contributed by atoms with Crippen molar-refractivity contribution in [1.82, 2.24) is 0 Å². The first-order valence-electron chi connectivity index (χ1n) is 8.37. The molecule has 0 aliphatic rings. The van der Waals surface area contributed by atoms with Crippen molar-refractivity contribution in [2.45, 2.75) is 33.3 Å². The zero-order valence-corrected chi connectivity index (χ0v) is 14.6. The van der Waals surface area contributed by atoms with Crippen LogP contribution in [0, 0.1) is 6.92 Å². The molecule has 2 rings (SSSR count). The minimum absolute atomic E-state index is 0.221. The third kappa shape index (κ3) is 5.30. The zero-order chi connectivity index (χ0) is 17.4. The van der Waals surface area contributed by atoms with Crippen LogP contribution in [0.4, 0.5) is 10.5 Å². The maximum absolute atomic E-state index is 12.0. The molecule has 0 heterocycles. The molecule has 0 fully saturated rings. The minimum Gasteiger partial charge on any atom is -0.429 e. The fourth-order valence-corrected chi connectivity index (χ4v) is 2.48. The summed E-state index contributed by atoms with van der Waals surface area (Å²) >= 11 is 0. The fourth-order valence-electron chi connectivity index (χ4n) is 2.48. The van der Waals surface area contributed by atoms with Crippen molar-refractivity contribution in [1.29, 1.82) is 0 Å². The quantitative estimate of drug-likeness (QED) is 0.540. The zero-order valence-electron chi connectivity index (χ0n) is 14.6. The number of para-hydroxylation sites is 1. The van der Waals surface area contributed by atoms with E-state index in [4.69, 9.17) is 9.47 Å². The van der Waals surface area contributed by atoms with Crippen LogP contribution in [0.25, 0.3) is 0 Å². The van der Waals surface area contributed by atoms with Crippen LogP contribution in [0.2, 0.25) is 0 Å². The van der Waals surface area contributed by atoms with Crippen LogP contribution < -0.4 is 9.64 Å². The van der Waals surface area contributed by atoms with Gasteiger partial charge in [0, 0.05) is 12.2 Å². The molecule has 4 heteroatoms. The Labute approximate surface area is 144 Å². The lowest BCUT2D eigenvalue weighted by Gasteiger charge is -2.27. The van der Waals surface area contributed by atoms with E-state index in [9.17, 15) is 4.79 Å². The monoisotopic (exact) mass is 327 g/mol. The van der Waals surface area contributed by atoms with Crippen LogP contribution in [0.5, 0.6) is 5.75 Å². The van der Waals surface area contributed by atoms with Gasteiger partial charge in [-0.1, -0.05) is 37.3 Å². The van der Waals surface area contributed by atoms with Crippen LogP contribution in [0.1, 0.15) is 25.8 Å². The SMILES string of the molecule is CCC(CN(CC)c1cccc(C)c1)OC(=O)Oc1ccccc1. The molecule has 24 heavy (non-hydrogen) atoms. The minimum atomic E-state index is -0.659. The van der Waals surface area contributed by atoms with Gasteiger partial charge in [0.2, 0.25) is 0 Å². The van der Waals surface area contributed by atoms with E-state index < -0.39 is 6.16 Å². The van der Waals surface area contributed by atoms with Crippen LogP contribution in [-0.4, -0.2) is 25.3 Å². The van der Waals surface area contributed by atoms with Gasteiger partial charge in [-0.2, -0.15) is 0 Å². The fraction of sp³-hybridized carbons (Fsp3) is 0.350. The second-order valence-electron chi connectivity index (χ2n) is 5.69. The number of nitrogens with zero attached hydrogens (tertiary/aromatic N) is 1. The van der Waals surface area contributed by atoms with Crippen molar-refractivity contribution < 1.29 is 14.3 Å². The average Bonchev–Trinajstić information content (AvgIpc) is 2.59. The lowest BCUT2D eigenvalue weighted by atomic mass is 10.2. The number of carbonyl (C=O) groups excluding carboxylic acids is 1. The Kier molecular flexibility index (Phi) is 6.67. The molecule has 0 radical (unpaired) electrons. The molecule has 0 saturated heterocycles. The van der Waals surface area contributed by atoms with Gasteiger partial charge in [-0.3, -0.25) is 0 Å². The maximum atomic E-state index is 12.0. The van der Waals surface area contributed by atoms with Gasteiger partial charge in [0.15, 0.2) is 0 Å². The number of carbonyl (C=O) groups is 1. The van der Waals surface area contributed by atoms with Crippen molar-refractivity contribution in [3.8, 4) is 5.75 Å². The van der Waals surface area contributed by atoms with Gasteiger partial charge in [-0.25, -0.2) is 4.79 Å². The van der Waals surface area contributed by atoms with Crippen molar-refractivity contribution in [2.24, 2.45) is 0 Å². The first kappa shape index (κ1) is 17.9. The van der Waals surface area contributed by atoms with E-state index in [0.717, 1.165) is 18.7 Å². The van der Waals surface area contributed by atoms with Crippen molar-refractivity contribution in [3.63, 3.8) is 0 Å². The Morgan fingerprint density at radius 3 is 2.46 bits per heavy atom. The Balaban J connectivity index is 1.96. The van der Waals surface area contributed by atoms with Gasteiger partial charge >= 0.3 is 6.16 Å². The molecular formula is C20H25NO3. The molecule has 128 valence electrons. The largest absolute Gasteiger partial charge is 0.514 e. The highest BCUT2D eigenvalue weighted by Gasteiger charge is 2.18. The van der Waals surface area contributed by atoms with Crippen molar-refractivity contribution >= 4 is 11.8 Å². The second-order valence-corrected chi connectivity index (χ2v) is 5.69. The first-order chi connectivity index (χ1) is 11.6. The molecule has 1 unspecified atom stereocenters. The van der Waals surface area contributed by atoms with Crippen LogP contribution in [-0.2, 0) is 4.74 Å². The van der Waals surface area contributed by atoms with Crippen LogP contribution >= 0.6 is 0 Å². The van der Waals surface area contributed by atoms with E-state index in [2.05, 4.69) is 36.9 Å². The summed E-state index contributed by atoms with van der Waals surface area (Å²) in [5.74, 6) is 0.489. The highest BCUT2D eigenvalue weighted by Crippen LogP contribution is 2.18. The summed E-state index contributed by atoms with van der Waals surface area (Å²) in [5.41, 5.74) is 2.35.